The first-order chi connectivity index (χ1) is 15.1. The summed E-state index contributed by atoms with van der Waals surface area (Å²) >= 11 is 0. The van der Waals surface area contributed by atoms with Gasteiger partial charge in [-0.25, -0.2) is 4.68 Å². The molecule has 2 N–H and O–H groups in total. The lowest BCUT2D eigenvalue weighted by Crippen LogP contribution is -2.55. The number of aliphatic carboxylic acids is 1. The van der Waals surface area contributed by atoms with Crippen molar-refractivity contribution in [2.24, 2.45) is 29.6 Å². The number of amides is 1. The van der Waals surface area contributed by atoms with Crippen LogP contribution in [0.15, 0.2) is 6.20 Å². The summed E-state index contributed by atoms with van der Waals surface area (Å²) in [5, 5.41) is 16.8. The molecule has 0 atom stereocenters. The Morgan fingerprint density at radius 3 is 2.39 bits per heavy atom. The van der Waals surface area contributed by atoms with Crippen LogP contribution in [0.3, 0.4) is 0 Å². The molecule has 0 saturated heterocycles. The number of hydrogen-bond donors (Lipinski definition) is 2. The van der Waals surface area contributed by atoms with Gasteiger partial charge in [-0.15, -0.1) is 0 Å². The Kier molecular flexibility index (Phi) is 5.93. The highest BCUT2D eigenvalue weighted by Crippen LogP contribution is 2.53. The zero-order valence-electron chi connectivity index (χ0n) is 18.3. The van der Waals surface area contributed by atoms with Crippen molar-refractivity contribution in [2.45, 2.75) is 83.2 Å². The molecule has 7 nitrogen and oxygen atoms in total. The summed E-state index contributed by atoms with van der Waals surface area (Å²) < 4.78 is 7.71. The van der Waals surface area contributed by atoms with Gasteiger partial charge in [-0.05, 0) is 74.5 Å². The molecular weight excluding hydrogens is 394 g/mol. The van der Waals surface area contributed by atoms with Crippen molar-refractivity contribution >= 4 is 11.9 Å². The largest absolute Gasteiger partial charge is 0.481 e. The summed E-state index contributed by atoms with van der Waals surface area (Å²) in [5.74, 6) is 2.88. The zero-order chi connectivity index (χ0) is 21.4. The number of carboxylic acids is 1. The molecule has 6 rings (SSSR count). The SMILES string of the molecule is O=C(O)CCn1ncc(C(=O)NC2C3CC4CC(C3)CC2C4)c1OCC1CCCCC1. The smallest absolute Gasteiger partial charge is 0.305 e. The summed E-state index contributed by atoms with van der Waals surface area (Å²) in [6.45, 7) is 0.776. The predicted molar refractivity (Wildman–Crippen MR) is 115 cm³/mol. The van der Waals surface area contributed by atoms with Crippen molar-refractivity contribution in [2.75, 3.05) is 6.61 Å². The van der Waals surface area contributed by atoms with Crippen molar-refractivity contribution in [1.82, 2.24) is 15.1 Å². The molecule has 5 aliphatic rings. The molecule has 0 unspecified atom stereocenters. The Balaban J connectivity index is 1.29. The highest BCUT2D eigenvalue weighted by atomic mass is 16.5. The molecule has 1 heterocycles. The van der Waals surface area contributed by atoms with E-state index >= 15 is 0 Å². The van der Waals surface area contributed by atoms with Crippen LogP contribution in [0.4, 0.5) is 0 Å². The van der Waals surface area contributed by atoms with Gasteiger partial charge in [0.2, 0.25) is 5.88 Å². The molecule has 1 amide bonds. The number of aryl methyl sites for hydroxylation is 1. The summed E-state index contributed by atoms with van der Waals surface area (Å²) in [6.07, 6.45) is 14.0. The van der Waals surface area contributed by atoms with Gasteiger partial charge < -0.3 is 15.2 Å². The molecule has 5 aliphatic carbocycles. The van der Waals surface area contributed by atoms with E-state index in [-0.39, 0.29) is 24.9 Å². The molecule has 170 valence electrons. The highest BCUT2D eigenvalue weighted by Gasteiger charge is 2.48. The average molecular weight is 430 g/mol. The van der Waals surface area contributed by atoms with Gasteiger partial charge in [0.25, 0.3) is 5.91 Å². The van der Waals surface area contributed by atoms with Gasteiger partial charge in [-0.1, -0.05) is 19.3 Å². The lowest BCUT2D eigenvalue weighted by Gasteiger charge is -2.54. The highest BCUT2D eigenvalue weighted by molar-refractivity contribution is 5.96. The topological polar surface area (TPSA) is 93.5 Å². The van der Waals surface area contributed by atoms with Crippen LogP contribution in [0, 0.1) is 29.6 Å². The van der Waals surface area contributed by atoms with Gasteiger partial charge in [0.15, 0.2) is 0 Å². The second-order valence-corrected chi connectivity index (χ2v) is 10.5. The van der Waals surface area contributed by atoms with Crippen LogP contribution in [0.5, 0.6) is 5.88 Å². The van der Waals surface area contributed by atoms with Gasteiger partial charge in [0.1, 0.15) is 5.56 Å². The van der Waals surface area contributed by atoms with E-state index in [2.05, 4.69) is 10.4 Å². The van der Waals surface area contributed by atoms with E-state index in [0.717, 1.165) is 24.7 Å². The third-order valence-corrected chi connectivity index (χ3v) is 8.28. The first-order valence-corrected chi connectivity index (χ1v) is 12.3. The molecule has 7 heteroatoms. The van der Waals surface area contributed by atoms with E-state index in [1.165, 1.54) is 51.4 Å². The normalized spacial score (nSPS) is 32.2. The number of hydrogen-bond acceptors (Lipinski definition) is 4. The number of carboxylic acid groups (broad SMARTS) is 1. The lowest BCUT2D eigenvalue weighted by atomic mass is 9.54. The number of carbonyl (C=O) groups is 2. The minimum absolute atomic E-state index is 0.0436. The van der Waals surface area contributed by atoms with Crippen LogP contribution in [0.2, 0.25) is 0 Å². The fourth-order valence-corrected chi connectivity index (χ4v) is 6.98. The summed E-state index contributed by atoms with van der Waals surface area (Å²) in [7, 11) is 0. The van der Waals surface area contributed by atoms with E-state index < -0.39 is 5.97 Å². The van der Waals surface area contributed by atoms with Gasteiger partial charge >= 0.3 is 5.97 Å². The number of aromatic nitrogens is 2. The fourth-order valence-electron chi connectivity index (χ4n) is 6.98. The summed E-state index contributed by atoms with van der Waals surface area (Å²) in [5.41, 5.74) is 0.454. The van der Waals surface area contributed by atoms with Crippen LogP contribution < -0.4 is 10.1 Å². The maximum Gasteiger partial charge on any atom is 0.305 e. The Labute approximate surface area is 183 Å². The number of ether oxygens (including phenoxy) is 1. The van der Waals surface area contributed by atoms with Gasteiger partial charge in [0.05, 0.1) is 25.8 Å². The Morgan fingerprint density at radius 2 is 1.74 bits per heavy atom. The number of nitrogens with one attached hydrogen (secondary N) is 1. The molecule has 0 radical (unpaired) electrons. The van der Waals surface area contributed by atoms with Crippen molar-refractivity contribution in [3.05, 3.63) is 11.8 Å². The van der Waals surface area contributed by atoms with Crippen LogP contribution in [0.25, 0.3) is 0 Å². The van der Waals surface area contributed by atoms with Crippen LogP contribution >= 0.6 is 0 Å². The molecule has 0 spiro atoms. The second-order valence-electron chi connectivity index (χ2n) is 10.5. The maximum atomic E-state index is 13.3. The van der Waals surface area contributed by atoms with Gasteiger partial charge in [-0.3, -0.25) is 9.59 Å². The Morgan fingerprint density at radius 1 is 1.06 bits per heavy atom. The number of carbonyl (C=O) groups excluding carboxylic acids is 1. The van der Waals surface area contributed by atoms with E-state index in [9.17, 15) is 9.59 Å². The maximum absolute atomic E-state index is 13.3. The quantitative estimate of drug-likeness (QED) is 0.654. The first-order valence-electron chi connectivity index (χ1n) is 12.3. The minimum Gasteiger partial charge on any atom is -0.481 e. The van der Waals surface area contributed by atoms with Crippen molar-refractivity contribution < 1.29 is 19.4 Å². The summed E-state index contributed by atoms with van der Waals surface area (Å²) in [6, 6.07) is 0.258. The monoisotopic (exact) mass is 429 g/mol. The first kappa shape index (κ1) is 20.8. The van der Waals surface area contributed by atoms with Gasteiger partial charge in [-0.2, -0.15) is 5.10 Å². The second kappa shape index (κ2) is 8.83. The molecule has 0 aliphatic heterocycles. The van der Waals surface area contributed by atoms with Crippen molar-refractivity contribution in [3.63, 3.8) is 0 Å². The van der Waals surface area contributed by atoms with E-state index in [1.807, 2.05) is 0 Å². The molecule has 4 bridgehead atoms. The molecule has 5 fully saturated rings. The minimum atomic E-state index is -0.881. The molecule has 1 aromatic rings. The van der Waals surface area contributed by atoms with Crippen LogP contribution in [-0.2, 0) is 11.3 Å². The predicted octanol–water partition coefficient (Wildman–Crippen LogP) is 3.87. The molecule has 0 aromatic carbocycles. The lowest BCUT2D eigenvalue weighted by molar-refractivity contribution is -0.137. The van der Waals surface area contributed by atoms with Gasteiger partial charge in [0, 0.05) is 6.04 Å². The van der Waals surface area contributed by atoms with Crippen molar-refractivity contribution in [1.29, 1.82) is 0 Å². The molecular formula is C24H35N3O4. The number of rotatable bonds is 8. The Bertz CT molecular complexity index is 786. The van der Waals surface area contributed by atoms with Crippen LogP contribution in [-0.4, -0.2) is 39.4 Å². The third-order valence-electron chi connectivity index (χ3n) is 8.28. The molecule has 5 saturated carbocycles. The fraction of sp³-hybridized carbons (Fsp3) is 0.792. The van der Waals surface area contributed by atoms with E-state index in [1.54, 1.807) is 10.9 Å². The van der Waals surface area contributed by atoms with Crippen molar-refractivity contribution in [3.8, 4) is 5.88 Å². The molecule has 31 heavy (non-hydrogen) atoms. The van der Waals surface area contributed by atoms with E-state index in [0.29, 0.717) is 35.8 Å². The average Bonchev–Trinajstić information content (AvgIpc) is 3.16. The van der Waals surface area contributed by atoms with E-state index in [4.69, 9.17) is 9.84 Å². The zero-order valence-corrected chi connectivity index (χ0v) is 18.3. The number of nitrogens with zero attached hydrogens (tertiary/aromatic N) is 2. The Hall–Kier alpha value is -2.05. The van der Waals surface area contributed by atoms with Crippen LogP contribution in [0.1, 0.15) is 81.0 Å². The molecule has 1 aromatic heterocycles. The standard InChI is InChI=1S/C24H35N3O4/c28-21(29)6-7-27-24(31-14-15-4-2-1-3-5-15)20(13-25-27)23(30)26-22-18-9-16-8-17(11-18)12-19(22)10-16/h13,15-19,22H,1-12,14H2,(H,26,30)(H,28,29). The third kappa shape index (κ3) is 4.46. The summed E-state index contributed by atoms with van der Waals surface area (Å²) in [4.78, 5) is 24.4.